The van der Waals surface area contributed by atoms with E-state index in [0.29, 0.717) is 25.7 Å². The van der Waals surface area contributed by atoms with Gasteiger partial charge in [0.15, 0.2) is 0 Å². The molecular weight excluding hydrogens is 767 g/mol. The molecule has 3 unspecified atom stereocenters. The molecule has 0 saturated heterocycles. The summed E-state index contributed by atoms with van der Waals surface area (Å²) >= 11 is 0. The quantitative estimate of drug-likeness (QED) is 0.0321. The van der Waals surface area contributed by atoms with Crippen molar-refractivity contribution in [3.05, 3.63) is 24.3 Å². The topological polar surface area (TPSA) is 95.9 Å². The van der Waals surface area contributed by atoms with Crippen molar-refractivity contribution in [2.45, 2.75) is 315 Å². The summed E-state index contributed by atoms with van der Waals surface area (Å²) in [4.78, 5) is 26.1. The summed E-state index contributed by atoms with van der Waals surface area (Å²) in [6.07, 6.45) is 58.2. The van der Waals surface area contributed by atoms with Gasteiger partial charge in [-0.2, -0.15) is 0 Å². The lowest BCUT2D eigenvalue weighted by Gasteiger charge is -2.24. The van der Waals surface area contributed by atoms with Gasteiger partial charge in [0.25, 0.3) is 0 Å². The molecule has 0 aliphatic carbocycles. The molecule has 6 nitrogen and oxygen atoms in total. The molecule has 0 heterocycles. The third kappa shape index (κ3) is 44.9. The zero-order chi connectivity index (χ0) is 45.2. The van der Waals surface area contributed by atoms with Crippen LogP contribution in [-0.4, -0.2) is 46.9 Å². The van der Waals surface area contributed by atoms with E-state index >= 15 is 0 Å². The molecule has 0 bridgehead atoms. The highest BCUT2D eigenvalue weighted by Gasteiger charge is 2.24. The van der Waals surface area contributed by atoms with Gasteiger partial charge in [-0.05, 0) is 44.9 Å². The van der Waals surface area contributed by atoms with E-state index in [9.17, 15) is 19.8 Å². The number of rotatable bonds is 50. The average molecular weight is 874 g/mol. The minimum absolute atomic E-state index is 0.0613. The molecule has 62 heavy (non-hydrogen) atoms. The van der Waals surface area contributed by atoms with Crippen LogP contribution in [0.1, 0.15) is 297 Å². The number of amides is 1. The number of allylic oxidation sites excluding steroid dienone is 4. The number of esters is 1. The average Bonchev–Trinajstić information content (AvgIpc) is 3.26. The molecular formula is C56H107NO5. The highest BCUT2D eigenvalue weighted by atomic mass is 16.5. The number of aliphatic hydroxyl groups is 2. The fourth-order valence-electron chi connectivity index (χ4n) is 8.60. The second-order valence-corrected chi connectivity index (χ2v) is 19.0. The van der Waals surface area contributed by atoms with Crippen LogP contribution in [0.5, 0.6) is 0 Å². The third-order valence-electron chi connectivity index (χ3n) is 12.8. The number of aliphatic hydroxyl groups excluding tert-OH is 2. The first-order valence-electron chi connectivity index (χ1n) is 27.6. The predicted molar refractivity (Wildman–Crippen MR) is 269 cm³/mol. The van der Waals surface area contributed by atoms with Crippen molar-refractivity contribution < 1.29 is 24.5 Å². The lowest BCUT2D eigenvalue weighted by Crippen LogP contribution is -2.46. The highest BCUT2D eigenvalue weighted by Crippen LogP contribution is 2.18. The minimum Gasteiger partial charge on any atom is -0.462 e. The molecule has 0 aromatic heterocycles. The normalized spacial score (nSPS) is 13.3. The zero-order valence-electron chi connectivity index (χ0n) is 41.8. The monoisotopic (exact) mass is 874 g/mol. The van der Waals surface area contributed by atoms with Gasteiger partial charge in [-0.25, -0.2) is 0 Å². The second-order valence-electron chi connectivity index (χ2n) is 19.0. The molecule has 0 aliphatic heterocycles. The van der Waals surface area contributed by atoms with Crippen LogP contribution in [0.4, 0.5) is 0 Å². The van der Waals surface area contributed by atoms with Crippen LogP contribution >= 0.6 is 0 Å². The van der Waals surface area contributed by atoms with Crippen molar-refractivity contribution in [1.29, 1.82) is 0 Å². The van der Waals surface area contributed by atoms with Crippen LogP contribution in [0.3, 0.4) is 0 Å². The molecule has 0 saturated carbocycles. The summed E-state index contributed by atoms with van der Waals surface area (Å²) in [6.45, 7) is 6.49. The Morgan fingerprint density at radius 1 is 0.468 bits per heavy atom. The summed E-state index contributed by atoms with van der Waals surface area (Å²) in [5.74, 6) is -0.537. The number of carbonyl (C=O) groups is 2. The van der Waals surface area contributed by atoms with Gasteiger partial charge in [0.2, 0.25) is 5.91 Å². The molecule has 3 N–H and O–H groups in total. The first kappa shape index (κ1) is 60.3. The second kappa shape index (κ2) is 50.3. The largest absolute Gasteiger partial charge is 0.462 e. The Labute approximate surface area is 386 Å². The molecule has 1 amide bonds. The number of hydrogen-bond acceptors (Lipinski definition) is 5. The lowest BCUT2D eigenvalue weighted by molar-refractivity contribution is -0.150. The van der Waals surface area contributed by atoms with E-state index in [0.717, 1.165) is 44.9 Å². The maximum absolute atomic E-state index is 13.2. The summed E-state index contributed by atoms with van der Waals surface area (Å²) in [5, 5.41) is 23.8. The van der Waals surface area contributed by atoms with E-state index in [2.05, 4.69) is 50.4 Å². The van der Waals surface area contributed by atoms with Crippen LogP contribution in [-0.2, 0) is 14.3 Å². The predicted octanol–water partition coefficient (Wildman–Crippen LogP) is 16.7. The molecule has 0 aromatic rings. The van der Waals surface area contributed by atoms with E-state index in [4.69, 9.17) is 4.74 Å². The Bertz CT molecular complexity index is 981. The van der Waals surface area contributed by atoms with Crippen molar-refractivity contribution >= 4 is 11.9 Å². The Morgan fingerprint density at radius 3 is 1.23 bits per heavy atom. The fraction of sp³-hybridized carbons (Fsp3) is 0.893. The number of hydrogen-bond donors (Lipinski definition) is 3. The van der Waals surface area contributed by atoms with Gasteiger partial charge in [-0.15, -0.1) is 0 Å². The van der Waals surface area contributed by atoms with Crippen LogP contribution in [0.15, 0.2) is 24.3 Å². The summed E-state index contributed by atoms with van der Waals surface area (Å²) < 4.78 is 5.91. The Morgan fingerprint density at radius 2 is 0.823 bits per heavy atom. The number of ether oxygens (including phenoxy) is 1. The van der Waals surface area contributed by atoms with Gasteiger partial charge in [-0.3, -0.25) is 9.59 Å². The van der Waals surface area contributed by atoms with Gasteiger partial charge in [0.1, 0.15) is 6.10 Å². The highest BCUT2D eigenvalue weighted by molar-refractivity contribution is 5.77. The Kier molecular flexibility index (Phi) is 49.0. The smallest absolute Gasteiger partial charge is 0.306 e. The Hall–Kier alpha value is -1.66. The van der Waals surface area contributed by atoms with Crippen molar-refractivity contribution in [2.24, 2.45) is 0 Å². The molecule has 0 aromatic carbocycles. The zero-order valence-corrected chi connectivity index (χ0v) is 41.8. The van der Waals surface area contributed by atoms with Gasteiger partial charge in [0.05, 0.1) is 25.2 Å². The standard InChI is InChI=1S/C56H107NO5/c1-4-7-10-13-16-19-22-25-26-27-28-31-32-35-38-41-44-47-52(62-56(61)49-46-43-40-37-34-30-24-21-18-15-12-9-6-3)50-55(60)57-53(51-58)54(59)48-45-42-39-36-33-29-23-20-17-14-11-8-5-2/h30,34,40,43,52-54,58-59H,4-29,31-33,35-39,41-42,44-51H2,1-3H3,(H,57,60)/b34-30-,43-40+. The summed E-state index contributed by atoms with van der Waals surface area (Å²) in [7, 11) is 0. The van der Waals surface area contributed by atoms with Crippen molar-refractivity contribution in [2.75, 3.05) is 6.61 Å². The minimum atomic E-state index is -0.792. The molecule has 6 heteroatoms. The number of carbonyl (C=O) groups excluding carboxylic acids is 2. The van der Waals surface area contributed by atoms with Crippen LogP contribution in [0, 0.1) is 0 Å². The molecule has 0 radical (unpaired) electrons. The van der Waals surface area contributed by atoms with Crippen LogP contribution in [0.25, 0.3) is 0 Å². The summed E-state index contributed by atoms with van der Waals surface area (Å²) in [6, 6.07) is -0.707. The molecule has 366 valence electrons. The Balaban J connectivity index is 4.58. The van der Waals surface area contributed by atoms with Crippen molar-refractivity contribution in [1.82, 2.24) is 5.32 Å². The molecule has 0 spiro atoms. The number of nitrogens with one attached hydrogen (secondary N) is 1. The fourth-order valence-corrected chi connectivity index (χ4v) is 8.60. The van der Waals surface area contributed by atoms with Crippen molar-refractivity contribution in [3.63, 3.8) is 0 Å². The van der Waals surface area contributed by atoms with Crippen molar-refractivity contribution in [3.8, 4) is 0 Å². The van der Waals surface area contributed by atoms with Gasteiger partial charge >= 0.3 is 5.97 Å². The third-order valence-corrected chi connectivity index (χ3v) is 12.8. The van der Waals surface area contributed by atoms with Gasteiger partial charge in [0, 0.05) is 6.42 Å². The first-order chi connectivity index (χ1) is 30.5. The van der Waals surface area contributed by atoms with E-state index in [-0.39, 0.29) is 24.9 Å². The van der Waals surface area contributed by atoms with E-state index in [1.165, 1.54) is 199 Å². The first-order valence-corrected chi connectivity index (χ1v) is 27.6. The van der Waals surface area contributed by atoms with E-state index < -0.39 is 18.2 Å². The molecule has 0 rings (SSSR count). The maximum atomic E-state index is 13.2. The van der Waals surface area contributed by atoms with Crippen LogP contribution in [0.2, 0.25) is 0 Å². The van der Waals surface area contributed by atoms with Crippen LogP contribution < -0.4 is 5.32 Å². The SMILES string of the molecule is CCCCCCCC/C=C\C/C=C/CCC(=O)OC(CCCCCCCCCCCCCCCCCCC)CC(=O)NC(CO)C(O)CCCCCCCCCCCCCCC. The lowest BCUT2D eigenvalue weighted by atomic mass is 10.0. The van der Waals surface area contributed by atoms with E-state index in [1.807, 2.05) is 0 Å². The molecule has 0 fully saturated rings. The van der Waals surface area contributed by atoms with E-state index in [1.54, 1.807) is 0 Å². The maximum Gasteiger partial charge on any atom is 0.306 e. The molecule has 0 aliphatic rings. The van der Waals surface area contributed by atoms with Gasteiger partial charge < -0.3 is 20.3 Å². The number of unbranched alkanes of at least 4 members (excludes halogenated alkanes) is 34. The summed E-state index contributed by atoms with van der Waals surface area (Å²) in [5.41, 5.74) is 0. The molecule has 3 atom stereocenters. The van der Waals surface area contributed by atoms with Gasteiger partial charge in [-0.1, -0.05) is 263 Å².